The van der Waals surface area contributed by atoms with Crippen molar-refractivity contribution in [2.75, 3.05) is 6.54 Å². The number of hydrogen-bond donors (Lipinski definition) is 2. The molecule has 2 aliphatic rings. The Labute approximate surface area is 169 Å². The largest absolute Gasteiger partial charge is 0.445 e. The Morgan fingerprint density at radius 2 is 1.93 bits per heavy atom. The number of carbonyl (C=O) groups is 4. The van der Waals surface area contributed by atoms with Crippen LogP contribution >= 0.6 is 0 Å². The molecule has 0 unspecified atom stereocenters. The number of carbonyl (C=O) groups excluding carboxylic acids is 4. The van der Waals surface area contributed by atoms with Crippen LogP contribution < -0.4 is 11.1 Å². The number of likely N-dealkylation sites (tertiary alicyclic amines) is 1. The van der Waals surface area contributed by atoms with Gasteiger partial charge in [0.2, 0.25) is 11.8 Å². The fraction of sp³-hybridized carbons (Fsp3) is 0.524. The highest BCUT2D eigenvalue weighted by molar-refractivity contribution is 5.92. The number of benzene rings is 1. The second kappa shape index (κ2) is 9.54. The van der Waals surface area contributed by atoms with E-state index < -0.39 is 30.0 Å². The Morgan fingerprint density at radius 3 is 2.62 bits per heavy atom. The topological polar surface area (TPSA) is 119 Å². The molecule has 8 heteroatoms. The third-order valence-electron chi connectivity index (χ3n) is 5.59. The van der Waals surface area contributed by atoms with E-state index in [-0.39, 0.29) is 24.7 Å². The van der Waals surface area contributed by atoms with Gasteiger partial charge in [0.15, 0.2) is 0 Å². The van der Waals surface area contributed by atoms with Crippen LogP contribution in [0, 0.1) is 5.92 Å². The minimum Gasteiger partial charge on any atom is -0.445 e. The van der Waals surface area contributed by atoms with Gasteiger partial charge < -0.3 is 15.8 Å². The summed E-state index contributed by atoms with van der Waals surface area (Å²) in [6, 6.07) is 7.68. The van der Waals surface area contributed by atoms with E-state index in [9.17, 15) is 19.2 Å². The van der Waals surface area contributed by atoms with Crippen molar-refractivity contribution in [3.8, 4) is 0 Å². The van der Waals surface area contributed by atoms with E-state index in [2.05, 4.69) is 5.32 Å². The second-order valence-corrected chi connectivity index (χ2v) is 7.68. The van der Waals surface area contributed by atoms with Crippen molar-refractivity contribution in [3.63, 3.8) is 0 Å². The van der Waals surface area contributed by atoms with Gasteiger partial charge in [-0.3, -0.25) is 19.3 Å². The summed E-state index contributed by atoms with van der Waals surface area (Å²) in [5.41, 5.74) is 6.35. The van der Waals surface area contributed by atoms with E-state index in [1.54, 1.807) is 0 Å². The van der Waals surface area contributed by atoms with Gasteiger partial charge in [-0.2, -0.15) is 0 Å². The maximum absolute atomic E-state index is 12.8. The van der Waals surface area contributed by atoms with Crippen LogP contribution in [0.1, 0.15) is 44.1 Å². The fourth-order valence-corrected chi connectivity index (χ4v) is 4.07. The molecule has 8 nitrogen and oxygen atoms in total. The molecule has 1 saturated heterocycles. The molecule has 1 aliphatic heterocycles. The molecule has 1 aromatic rings. The lowest BCUT2D eigenvalue weighted by Gasteiger charge is -2.30. The number of nitrogens with two attached hydrogens (primary N) is 1. The van der Waals surface area contributed by atoms with Crippen molar-refractivity contribution in [2.45, 2.75) is 57.2 Å². The van der Waals surface area contributed by atoms with Crippen LogP contribution in [0.2, 0.25) is 0 Å². The minimum atomic E-state index is -0.908. The highest BCUT2D eigenvalue weighted by atomic mass is 16.6. The van der Waals surface area contributed by atoms with Crippen molar-refractivity contribution < 1.29 is 23.9 Å². The van der Waals surface area contributed by atoms with Crippen LogP contribution in [0.15, 0.2) is 30.3 Å². The normalized spacial score (nSPS) is 22.8. The number of Topliss-reactive ketones (excluding diaryl/α,β-unsaturated/α-hetero) is 1. The lowest BCUT2D eigenvalue weighted by atomic mass is 9.82. The van der Waals surface area contributed by atoms with E-state index in [1.165, 1.54) is 4.90 Å². The third-order valence-corrected chi connectivity index (χ3v) is 5.59. The van der Waals surface area contributed by atoms with Crippen molar-refractivity contribution in [3.05, 3.63) is 35.9 Å². The molecule has 3 rings (SSSR count). The number of nitrogens with zero attached hydrogens (tertiary/aromatic N) is 1. The molecular weight excluding hydrogens is 374 g/mol. The number of amides is 3. The van der Waals surface area contributed by atoms with E-state index >= 15 is 0 Å². The van der Waals surface area contributed by atoms with Gasteiger partial charge >= 0.3 is 6.09 Å². The first-order chi connectivity index (χ1) is 14.0. The standard InChI is InChI=1S/C21H27N3O5/c22-19(26)18(15-8-4-9-16(25)12-15)23-20(27)17-10-5-11-24(17)21(28)29-13-14-6-2-1-3-7-14/h1-3,6-7,15,17-18H,4-5,8-13H2,(H2,22,26)(H,23,27)/t15-,17+,18+/m0/s1. The Morgan fingerprint density at radius 1 is 1.17 bits per heavy atom. The predicted octanol–water partition coefficient (Wildman–Crippen LogP) is 1.52. The first-order valence-corrected chi connectivity index (χ1v) is 10.0. The van der Waals surface area contributed by atoms with Gasteiger partial charge in [0, 0.05) is 19.4 Å². The molecule has 29 heavy (non-hydrogen) atoms. The molecule has 3 atom stereocenters. The molecule has 156 valence electrons. The highest BCUT2D eigenvalue weighted by Gasteiger charge is 2.38. The zero-order valence-corrected chi connectivity index (χ0v) is 16.3. The Kier molecular flexibility index (Phi) is 6.85. The highest BCUT2D eigenvalue weighted by Crippen LogP contribution is 2.25. The molecule has 1 heterocycles. The SMILES string of the molecule is NC(=O)[C@H](NC(=O)[C@H]1CCCN1C(=O)OCc1ccccc1)[C@H]1CCCC(=O)C1. The summed E-state index contributed by atoms with van der Waals surface area (Å²) >= 11 is 0. The van der Waals surface area contributed by atoms with E-state index in [4.69, 9.17) is 10.5 Å². The zero-order chi connectivity index (χ0) is 20.8. The molecule has 0 bridgehead atoms. The monoisotopic (exact) mass is 401 g/mol. The van der Waals surface area contributed by atoms with E-state index in [1.807, 2.05) is 30.3 Å². The van der Waals surface area contributed by atoms with Crippen molar-refractivity contribution in [2.24, 2.45) is 11.7 Å². The molecule has 2 fully saturated rings. The van der Waals surface area contributed by atoms with Crippen LogP contribution in [0.5, 0.6) is 0 Å². The molecule has 1 saturated carbocycles. The average molecular weight is 401 g/mol. The molecule has 1 aromatic carbocycles. The first-order valence-electron chi connectivity index (χ1n) is 10.0. The predicted molar refractivity (Wildman–Crippen MR) is 104 cm³/mol. The van der Waals surface area contributed by atoms with Gasteiger partial charge in [-0.25, -0.2) is 4.79 Å². The summed E-state index contributed by atoms with van der Waals surface area (Å²) in [5, 5.41) is 2.69. The quantitative estimate of drug-likeness (QED) is 0.749. The summed E-state index contributed by atoms with van der Waals surface area (Å²) < 4.78 is 5.35. The van der Waals surface area contributed by atoms with Crippen molar-refractivity contribution in [1.82, 2.24) is 10.2 Å². The van der Waals surface area contributed by atoms with Gasteiger partial charge in [0.1, 0.15) is 24.5 Å². The van der Waals surface area contributed by atoms with Gasteiger partial charge in [0.25, 0.3) is 0 Å². The molecule has 0 spiro atoms. The molecule has 3 amide bonds. The zero-order valence-electron chi connectivity index (χ0n) is 16.3. The van der Waals surface area contributed by atoms with Crippen molar-refractivity contribution in [1.29, 1.82) is 0 Å². The smallest absolute Gasteiger partial charge is 0.410 e. The Balaban J connectivity index is 1.60. The van der Waals surface area contributed by atoms with E-state index in [0.717, 1.165) is 5.56 Å². The molecule has 0 radical (unpaired) electrons. The minimum absolute atomic E-state index is 0.0775. The van der Waals surface area contributed by atoms with Gasteiger partial charge in [0.05, 0.1) is 0 Å². The van der Waals surface area contributed by atoms with Gasteiger partial charge in [-0.1, -0.05) is 30.3 Å². The van der Waals surface area contributed by atoms with Crippen LogP contribution in [0.3, 0.4) is 0 Å². The molecular formula is C21H27N3O5. The number of nitrogens with one attached hydrogen (secondary N) is 1. The number of rotatable bonds is 6. The van der Waals surface area contributed by atoms with Crippen LogP contribution in [-0.4, -0.2) is 47.2 Å². The Bertz CT molecular complexity index is 767. The summed E-state index contributed by atoms with van der Waals surface area (Å²) in [6.45, 7) is 0.535. The molecule has 0 aromatic heterocycles. The number of ether oxygens (including phenoxy) is 1. The number of ketones is 1. The van der Waals surface area contributed by atoms with Crippen LogP contribution in [-0.2, 0) is 25.7 Å². The van der Waals surface area contributed by atoms with E-state index in [0.29, 0.717) is 38.6 Å². The summed E-state index contributed by atoms with van der Waals surface area (Å²) in [5.74, 6) is -1.30. The van der Waals surface area contributed by atoms with Crippen LogP contribution in [0.25, 0.3) is 0 Å². The van der Waals surface area contributed by atoms with Gasteiger partial charge in [-0.05, 0) is 37.2 Å². The fourth-order valence-electron chi connectivity index (χ4n) is 4.07. The second-order valence-electron chi connectivity index (χ2n) is 7.68. The Hall–Kier alpha value is -2.90. The lowest BCUT2D eigenvalue weighted by Crippen LogP contribution is -2.55. The molecule has 1 aliphatic carbocycles. The van der Waals surface area contributed by atoms with Crippen molar-refractivity contribution >= 4 is 23.7 Å². The van der Waals surface area contributed by atoms with Crippen LogP contribution in [0.4, 0.5) is 4.79 Å². The molecule has 3 N–H and O–H groups in total. The summed E-state index contributed by atoms with van der Waals surface area (Å²) in [7, 11) is 0. The lowest BCUT2D eigenvalue weighted by molar-refractivity contribution is -0.132. The first kappa shape index (κ1) is 20.8. The average Bonchev–Trinajstić information content (AvgIpc) is 3.21. The summed E-state index contributed by atoms with van der Waals surface area (Å²) in [4.78, 5) is 50.4. The number of primary amides is 1. The number of hydrogen-bond acceptors (Lipinski definition) is 5. The maximum atomic E-state index is 12.8. The van der Waals surface area contributed by atoms with Gasteiger partial charge in [-0.15, -0.1) is 0 Å². The summed E-state index contributed by atoms with van der Waals surface area (Å²) in [6.07, 6.45) is 2.68. The maximum Gasteiger partial charge on any atom is 0.410 e. The third kappa shape index (κ3) is 5.34.